The highest BCUT2D eigenvalue weighted by atomic mass is 16.2. The highest BCUT2D eigenvalue weighted by molar-refractivity contribution is 6.08. The minimum absolute atomic E-state index is 0.122. The van der Waals surface area contributed by atoms with Crippen molar-refractivity contribution in [1.82, 2.24) is 9.58 Å². The third-order valence-corrected chi connectivity index (χ3v) is 7.88. The van der Waals surface area contributed by atoms with Gasteiger partial charge in [-0.2, -0.15) is 10.1 Å². The van der Waals surface area contributed by atoms with Crippen molar-refractivity contribution in [2.24, 2.45) is 16.9 Å². The number of hydrogen-bond acceptors (Lipinski definition) is 3. The minimum atomic E-state index is -0.420. The van der Waals surface area contributed by atoms with Gasteiger partial charge in [0.05, 0.1) is 18.1 Å². The lowest BCUT2D eigenvalue weighted by atomic mass is 9.55. The molecule has 4 aliphatic rings. The number of carbonyl (C=O) groups is 2. The number of nitrogens with zero attached hydrogens (tertiary/aromatic N) is 3. The van der Waals surface area contributed by atoms with Gasteiger partial charge in [0.2, 0.25) is 0 Å². The second-order valence-electron chi connectivity index (χ2n) is 9.54. The Morgan fingerprint density at radius 3 is 1.83 bits per heavy atom. The van der Waals surface area contributed by atoms with E-state index in [1.54, 1.807) is 6.21 Å². The Balaban J connectivity index is 1.31. The van der Waals surface area contributed by atoms with Gasteiger partial charge >= 0.3 is 0 Å². The maximum absolute atomic E-state index is 13.7. The van der Waals surface area contributed by atoms with Gasteiger partial charge in [-0.25, -0.2) is 0 Å². The molecule has 0 N–H and O–H groups in total. The molecule has 35 heavy (non-hydrogen) atoms. The molecule has 2 bridgehead atoms. The van der Waals surface area contributed by atoms with E-state index in [4.69, 9.17) is 0 Å². The average Bonchev–Trinajstić information content (AvgIpc) is 3.37. The maximum atomic E-state index is 13.7. The van der Waals surface area contributed by atoms with Gasteiger partial charge in [0, 0.05) is 41.0 Å². The van der Waals surface area contributed by atoms with Crippen LogP contribution in [0.15, 0.2) is 96.7 Å². The molecule has 2 amide bonds. The summed E-state index contributed by atoms with van der Waals surface area (Å²) < 4.78 is 2.09. The summed E-state index contributed by atoms with van der Waals surface area (Å²) in [5, 5.41) is 6.65. The first-order valence-corrected chi connectivity index (χ1v) is 12.0. The summed E-state index contributed by atoms with van der Waals surface area (Å²) in [4.78, 5) is 27.5. The predicted octanol–water partition coefficient (Wildman–Crippen LogP) is 5.05. The molecule has 5 nitrogen and oxygen atoms in total. The molecular formula is C30H23N3O2. The van der Waals surface area contributed by atoms with Crippen molar-refractivity contribution >= 4 is 28.9 Å². The van der Waals surface area contributed by atoms with Crippen LogP contribution in [0.25, 0.3) is 10.9 Å². The van der Waals surface area contributed by atoms with Gasteiger partial charge in [0.1, 0.15) is 0 Å². The van der Waals surface area contributed by atoms with E-state index in [0.29, 0.717) is 6.54 Å². The van der Waals surface area contributed by atoms with Crippen molar-refractivity contribution in [3.63, 3.8) is 0 Å². The van der Waals surface area contributed by atoms with E-state index >= 15 is 0 Å². The Morgan fingerprint density at radius 2 is 1.29 bits per heavy atom. The van der Waals surface area contributed by atoms with Crippen LogP contribution in [-0.2, 0) is 16.1 Å². The number of hydrazone groups is 1. The van der Waals surface area contributed by atoms with Crippen LogP contribution in [0.4, 0.5) is 0 Å². The fourth-order valence-corrected chi connectivity index (χ4v) is 6.56. The molecule has 2 atom stereocenters. The molecule has 0 unspecified atom stereocenters. The maximum Gasteiger partial charge on any atom is 0.254 e. The summed E-state index contributed by atoms with van der Waals surface area (Å²) in [5.41, 5.74) is 6.58. The summed E-state index contributed by atoms with van der Waals surface area (Å²) in [6.45, 7) is 4.51. The lowest BCUT2D eigenvalue weighted by Gasteiger charge is -2.45. The molecule has 3 aliphatic carbocycles. The molecule has 0 spiro atoms. The zero-order valence-corrected chi connectivity index (χ0v) is 19.0. The number of fused-ring (bicyclic) bond motifs is 1. The third kappa shape index (κ3) is 2.66. The van der Waals surface area contributed by atoms with Gasteiger partial charge in [-0.15, -0.1) is 6.58 Å². The Hall–Kier alpha value is -4.25. The molecule has 1 aromatic heterocycles. The first kappa shape index (κ1) is 20.2. The predicted molar refractivity (Wildman–Crippen MR) is 135 cm³/mol. The van der Waals surface area contributed by atoms with Gasteiger partial charge in [-0.05, 0) is 28.3 Å². The molecule has 4 aromatic rings. The van der Waals surface area contributed by atoms with Gasteiger partial charge in [0.15, 0.2) is 0 Å². The molecule has 8 rings (SSSR count). The van der Waals surface area contributed by atoms with Crippen LogP contribution < -0.4 is 0 Å². The average molecular weight is 458 g/mol. The molecule has 3 aromatic carbocycles. The molecule has 1 saturated heterocycles. The molecule has 5 heteroatoms. The van der Waals surface area contributed by atoms with Crippen molar-refractivity contribution in [2.45, 2.75) is 18.4 Å². The monoisotopic (exact) mass is 457 g/mol. The van der Waals surface area contributed by atoms with Gasteiger partial charge < -0.3 is 4.57 Å². The quantitative estimate of drug-likeness (QED) is 0.245. The number of hydrogen-bond donors (Lipinski definition) is 0. The highest BCUT2D eigenvalue weighted by Gasteiger charge is 2.61. The van der Waals surface area contributed by atoms with Crippen LogP contribution in [0.5, 0.6) is 0 Å². The van der Waals surface area contributed by atoms with E-state index in [1.165, 1.54) is 0 Å². The van der Waals surface area contributed by atoms with Crippen molar-refractivity contribution in [3.8, 4) is 0 Å². The number of carbonyl (C=O) groups excluding carboxylic acids is 2. The number of amides is 2. The summed E-state index contributed by atoms with van der Waals surface area (Å²) in [6, 6.07) is 24.6. The lowest BCUT2D eigenvalue weighted by Crippen LogP contribution is -2.41. The molecule has 170 valence electrons. The first-order chi connectivity index (χ1) is 17.2. The Morgan fingerprint density at radius 1 is 0.771 bits per heavy atom. The van der Waals surface area contributed by atoms with Crippen molar-refractivity contribution in [3.05, 3.63) is 119 Å². The minimum Gasteiger partial charge on any atom is -0.343 e. The molecular weight excluding hydrogens is 434 g/mol. The number of allylic oxidation sites excluding steroid dienone is 1. The molecule has 1 fully saturated rings. The van der Waals surface area contributed by atoms with Crippen LogP contribution in [-0.4, -0.2) is 27.6 Å². The molecule has 0 radical (unpaired) electrons. The lowest BCUT2D eigenvalue weighted by molar-refractivity contribution is -0.139. The number of imide groups is 1. The van der Waals surface area contributed by atoms with Crippen molar-refractivity contribution in [2.75, 3.05) is 0 Å². The van der Waals surface area contributed by atoms with E-state index < -0.39 is 11.8 Å². The highest BCUT2D eigenvalue weighted by Crippen LogP contribution is 2.60. The largest absolute Gasteiger partial charge is 0.343 e. The third-order valence-electron chi connectivity index (χ3n) is 7.88. The smallest absolute Gasteiger partial charge is 0.254 e. The van der Waals surface area contributed by atoms with E-state index in [2.05, 4.69) is 40.5 Å². The molecule has 2 heterocycles. The zero-order valence-electron chi connectivity index (χ0n) is 19.0. The van der Waals surface area contributed by atoms with E-state index in [1.807, 2.05) is 60.8 Å². The second-order valence-corrected chi connectivity index (χ2v) is 9.54. The Kier molecular flexibility index (Phi) is 4.25. The Labute approximate surface area is 203 Å². The number of rotatable bonds is 4. The Bertz CT molecular complexity index is 1460. The summed E-state index contributed by atoms with van der Waals surface area (Å²) in [7, 11) is 0. The van der Waals surface area contributed by atoms with Crippen molar-refractivity contribution < 1.29 is 9.59 Å². The van der Waals surface area contributed by atoms with Gasteiger partial charge in [0.25, 0.3) is 11.8 Å². The fourth-order valence-electron chi connectivity index (χ4n) is 6.56. The summed E-state index contributed by atoms with van der Waals surface area (Å²) in [6.07, 6.45) is 5.48. The first-order valence-electron chi connectivity index (χ1n) is 12.0. The zero-order chi connectivity index (χ0) is 23.7. The number of para-hydroxylation sites is 1. The van der Waals surface area contributed by atoms with Crippen LogP contribution in [0.1, 0.15) is 39.7 Å². The van der Waals surface area contributed by atoms with Gasteiger partial charge in [-0.1, -0.05) is 72.8 Å². The molecule has 1 aliphatic heterocycles. The standard InChI is InChI=1S/C30H23N3O2/c1-2-15-32-17-18(19-9-7-8-14-24(19)32)16-31-33-29(34)27-25-20-10-3-4-11-21(20)26(28(27)30(33)35)23-13-6-5-12-22(23)25/h2-14,16-17,25-28H,1,15H2/b31-16-/t25?,26?,27-,28+. The van der Waals surface area contributed by atoms with E-state index in [0.717, 1.165) is 43.7 Å². The van der Waals surface area contributed by atoms with Crippen molar-refractivity contribution in [1.29, 1.82) is 0 Å². The number of benzene rings is 3. The second kappa shape index (κ2) is 7.37. The van der Waals surface area contributed by atoms with E-state index in [-0.39, 0.29) is 23.7 Å². The molecule has 0 saturated carbocycles. The fraction of sp³-hybridized carbons (Fsp3) is 0.167. The van der Waals surface area contributed by atoms with Gasteiger partial charge in [-0.3, -0.25) is 9.59 Å². The van der Waals surface area contributed by atoms with Crippen LogP contribution in [0.3, 0.4) is 0 Å². The van der Waals surface area contributed by atoms with Crippen LogP contribution in [0, 0.1) is 11.8 Å². The summed E-state index contributed by atoms with van der Waals surface area (Å²) >= 11 is 0. The van der Waals surface area contributed by atoms with Crippen LogP contribution in [0.2, 0.25) is 0 Å². The number of aromatic nitrogens is 1. The SMILES string of the molecule is C=CCn1cc(/C=N\N2C(=O)[C@@H]3C4c5ccccc5C(c5ccccc54)[C@@H]3C2=O)c2ccccc21. The van der Waals surface area contributed by atoms with E-state index in [9.17, 15) is 9.59 Å². The topological polar surface area (TPSA) is 54.7 Å². The normalized spacial score (nSPS) is 24.2. The summed E-state index contributed by atoms with van der Waals surface area (Å²) in [5.74, 6) is -1.49. The van der Waals surface area contributed by atoms with Crippen LogP contribution >= 0.6 is 0 Å².